The maximum Gasteiger partial charge on any atom is 0.350 e. The van der Waals surface area contributed by atoms with Gasteiger partial charge in [0.2, 0.25) is 5.60 Å². The molecule has 0 aromatic rings. The number of nitrogens with zero attached hydrogens (tertiary/aromatic N) is 1. The molecule has 1 saturated heterocycles. The fourth-order valence-corrected chi connectivity index (χ4v) is 4.76. The largest absolute Gasteiger partial charge is 0.466 e. The first-order chi connectivity index (χ1) is 12.5. The second-order valence-electron chi connectivity index (χ2n) is 8.98. The average Bonchev–Trinajstić information content (AvgIpc) is 2.56. The van der Waals surface area contributed by atoms with Crippen molar-refractivity contribution in [3.63, 3.8) is 0 Å². The lowest BCUT2D eigenvalue weighted by Gasteiger charge is -2.57. The summed E-state index contributed by atoms with van der Waals surface area (Å²) >= 11 is 0. The number of aliphatic hydroxyl groups is 1. The predicted molar refractivity (Wildman–Crippen MR) is 105 cm³/mol. The van der Waals surface area contributed by atoms with Crippen molar-refractivity contribution < 1.29 is 24.2 Å². The van der Waals surface area contributed by atoms with Gasteiger partial charge in [0.05, 0.1) is 13.7 Å². The highest BCUT2D eigenvalue weighted by Crippen LogP contribution is 2.45. The van der Waals surface area contributed by atoms with Crippen molar-refractivity contribution in [1.29, 1.82) is 0 Å². The first-order valence-corrected chi connectivity index (χ1v) is 10.2. The second-order valence-corrected chi connectivity index (χ2v) is 8.98. The maximum atomic E-state index is 12.7. The third kappa shape index (κ3) is 6.18. The number of methoxy groups -OCH3 is 1. The minimum absolute atomic E-state index is 0.0373. The van der Waals surface area contributed by atoms with E-state index in [9.17, 15) is 14.7 Å². The quantitative estimate of drug-likeness (QED) is 0.458. The Morgan fingerprint density at radius 2 is 1.56 bits per heavy atom. The van der Waals surface area contributed by atoms with E-state index in [0.717, 1.165) is 25.7 Å². The van der Waals surface area contributed by atoms with Crippen molar-refractivity contribution in [3.05, 3.63) is 0 Å². The Morgan fingerprint density at radius 1 is 1.00 bits per heavy atom. The van der Waals surface area contributed by atoms with E-state index in [1.54, 1.807) is 0 Å². The van der Waals surface area contributed by atoms with Gasteiger partial charge >= 0.3 is 11.9 Å². The Kier molecular flexibility index (Phi) is 8.74. The monoisotopic (exact) mass is 385 g/mol. The van der Waals surface area contributed by atoms with Gasteiger partial charge in [-0.3, -0.25) is 9.69 Å². The van der Waals surface area contributed by atoms with Gasteiger partial charge in [-0.2, -0.15) is 0 Å². The van der Waals surface area contributed by atoms with Crippen LogP contribution in [0.25, 0.3) is 0 Å². The minimum Gasteiger partial charge on any atom is -0.466 e. The molecule has 0 unspecified atom stereocenters. The van der Waals surface area contributed by atoms with E-state index in [4.69, 9.17) is 9.47 Å². The Morgan fingerprint density at radius 3 is 2.04 bits per heavy atom. The van der Waals surface area contributed by atoms with Gasteiger partial charge in [0.25, 0.3) is 0 Å². The van der Waals surface area contributed by atoms with Gasteiger partial charge in [-0.05, 0) is 34.1 Å². The van der Waals surface area contributed by atoms with Crippen molar-refractivity contribution in [2.75, 3.05) is 20.3 Å². The van der Waals surface area contributed by atoms with Crippen molar-refractivity contribution in [2.45, 2.75) is 103 Å². The van der Waals surface area contributed by atoms with Crippen LogP contribution in [-0.2, 0) is 19.1 Å². The van der Waals surface area contributed by atoms with Gasteiger partial charge in [-0.1, -0.05) is 32.6 Å². The molecule has 0 aromatic carbocycles. The molecule has 1 N–H and O–H groups in total. The molecule has 6 heteroatoms. The molecule has 1 fully saturated rings. The summed E-state index contributed by atoms with van der Waals surface area (Å²) in [5.74, 6) is -0.828. The number of hydrogen-bond acceptors (Lipinski definition) is 6. The fraction of sp³-hybridized carbons (Fsp3) is 0.905. The number of unbranched alkanes of at least 4 members (excludes halogenated alkanes) is 4. The molecular weight excluding hydrogens is 346 g/mol. The molecule has 0 bridgehead atoms. The van der Waals surface area contributed by atoms with Crippen LogP contribution in [0.3, 0.4) is 0 Å². The third-order valence-electron chi connectivity index (χ3n) is 5.57. The highest BCUT2D eigenvalue weighted by atomic mass is 16.6. The lowest BCUT2D eigenvalue weighted by Crippen LogP contribution is -2.68. The highest BCUT2D eigenvalue weighted by Gasteiger charge is 2.58. The molecular formula is C21H39NO5. The summed E-state index contributed by atoms with van der Waals surface area (Å²) in [6, 6.07) is 0. The van der Waals surface area contributed by atoms with Crippen LogP contribution >= 0.6 is 0 Å². The molecule has 1 heterocycles. The van der Waals surface area contributed by atoms with Crippen LogP contribution in [0.1, 0.15) is 86.0 Å². The number of esters is 2. The number of rotatable bonds is 10. The van der Waals surface area contributed by atoms with Gasteiger partial charge in [-0.25, -0.2) is 4.79 Å². The van der Waals surface area contributed by atoms with Crippen LogP contribution < -0.4 is 0 Å². The molecule has 1 aliphatic rings. The summed E-state index contributed by atoms with van der Waals surface area (Å²) in [6.07, 6.45) is 6.23. The first-order valence-electron chi connectivity index (χ1n) is 10.2. The van der Waals surface area contributed by atoms with E-state index in [2.05, 4.69) is 11.8 Å². The molecule has 0 radical (unpaired) electrons. The summed E-state index contributed by atoms with van der Waals surface area (Å²) in [5.41, 5.74) is -2.14. The summed E-state index contributed by atoms with van der Waals surface area (Å²) in [6.45, 7) is 10.7. The second kappa shape index (κ2) is 9.87. The lowest BCUT2D eigenvalue weighted by atomic mass is 9.70. The van der Waals surface area contributed by atoms with E-state index in [0.29, 0.717) is 25.8 Å². The molecule has 0 saturated carbocycles. The van der Waals surface area contributed by atoms with E-state index < -0.39 is 22.6 Å². The summed E-state index contributed by atoms with van der Waals surface area (Å²) in [4.78, 5) is 27.4. The SMILES string of the molecule is CCCCCCCC(=O)OC1(C(=O)OC)CC(C)(C)N(CCO)C(C)(C)C1. The number of hydrogen-bond donors (Lipinski definition) is 1. The minimum atomic E-state index is -1.28. The van der Waals surface area contributed by atoms with Gasteiger partial charge in [-0.15, -0.1) is 0 Å². The standard InChI is InChI=1S/C21H39NO5/c1-7-8-9-10-11-12-17(24)27-21(18(25)26-6)15-19(2,3)22(13-14-23)20(4,5)16-21/h23H,7-16H2,1-6H3. The van der Waals surface area contributed by atoms with Crippen LogP contribution in [0.4, 0.5) is 0 Å². The molecule has 158 valence electrons. The first kappa shape index (κ1) is 23.9. The molecule has 6 nitrogen and oxygen atoms in total. The van der Waals surface area contributed by atoms with Crippen molar-refractivity contribution in [1.82, 2.24) is 4.90 Å². The number of piperidine rings is 1. The fourth-order valence-electron chi connectivity index (χ4n) is 4.76. The number of carbonyl (C=O) groups is 2. The topological polar surface area (TPSA) is 76.1 Å². The van der Waals surface area contributed by atoms with E-state index in [1.165, 1.54) is 13.5 Å². The van der Waals surface area contributed by atoms with E-state index >= 15 is 0 Å². The highest BCUT2D eigenvalue weighted by molar-refractivity contribution is 5.84. The van der Waals surface area contributed by atoms with Crippen molar-refractivity contribution in [2.24, 2.45) is 0 Å². The average molecular weight is 386 g/mol. The van der Waals surface area contributed by atoms with E-state index in [1.807, 2.05) is 27.7 Å². The number of β-amino-alcohol motifs (C(OH)–C–C–N with tert-alkyl or cyclic N) is 1. The van der Waals surface area contributed by atoms with Gasteiger partial charge in [0.15, 0.2) is 0 Å². The Hall–Kier alpha value is -1.14. The normalized spacial score (nSPS) is 20.9. The Bertz CT molecular complexity index is 483. The molecule has 0 aromatic heterocycles. The number of carbonyl (C=O) groups excluding carboxylic acids is 2. The molecule has 1 aliphatic heterocycles. The number of aliphatic hydroxyl groups excluding tert-OH is 1. The zero-order valence-electron chi connectivity index (χ0n) is 18.1. The number of ether oxygens (including phenoxy) is 2. The van der Waals surface area contributed by atoms with E-state index in [-0.39, 0.29) is 12.6 Å². The molecule has 27 heavy (non-hydrogen) atoms. The smallest absolute Gasteiger partial charge is 0.350 e. The third-order valence-corrected chi connectivity index (χ3v) is 5.57. The van der Waals surface area contributed by atoms with Crippen LogP contribution in [-0.4, -0.2) is 58.9 Å². The lowest BCUT2D eigenvalue weighted by molar-refractivity contribution is -0.204. The van der Waals surface area contributed by atoms with Crippen molar-refractivity contribution >= 4 is 11.9 Å². The van der Waals surface area contributed by atoms with Crippen LogP contribution in [0.15, 0.2) is 0 Å². The van der Waals surface area contributed by atoms with Gasteiger partial charge in [0, 0.05) is 36.9 Å². The molecule has 0 atom stereocenters. The Balaban J connectivity index is 2.94. The summed E-state index contributed by atoms with van der Waals surface area (Å²) in [5, 5.41) is 9.45. The number of likely N-dealkylation sites (tertiary alicyclic amines) is 1. The van der Waals surface area contributed by atoms with Gasteiger partial charge in [0.1, 0.15) is 0 Å². The predicted octanol–water partition coefficient (Wildman–Crippen LogP) is 3.45. The maximum absolute atomic E-state index is 12.7. The molecule has 1 rings (SSSR count). The van der Waals surface area contributed by atoms with Crippen LogP contribution in [0, 0.1) is 0 Å². The molecule has 0 spiro atoms. The summed E-state index contributed by atoms with van der Waals surface area (Å²) in [7, 11) is 1.34. The zero-order valence-corrected chi connectivity index (χ0v) is 18.1. The summed E-state index contributed by atoms with van der Waals surface area (Å²) < 4.78 is 10.9. The van der Waals surface area contributed by atoms with Crippen molar-refractivity contribution in [3.8, 4) is 0 Å². The van der Waals surface area contributed by atoms with Gasteiger partial charge < -0.3 is 14.6 Å². The van der Waals surface area contributed by atoms with Crippen LogP contribution in [0.2, 0.25) is 0 Å². The zero-order chi connectivity index (χ0) is 20.7. The molecule has 0 aliphatic carbocycles. The Labute approximate surface area is 164 Å². The molecule has 0 amide bonds. The van der Waals surface area contributed by atoms with Crippen LogP contribution in [0.5, 0.6) is 0 Å².